The van der Waals surface area contributed by atoms with E-state index < -0.39 is 35.8 Å². The van der Waals surface area contributed by atoms with E-state index in [2.05, 4.69) is 23.3 Å². The maximum atomic E-state index is 13.0. The molecule has 30 heavy (non-hydrogen) atoms. The van der Waals surface area contributed by atoms with E-state index in [-0.39, 0.29) is 12.2 Å². The lowest BCUT2D eigenvalue weighted by atomic mass is 9.97. The fraction of sp³-hybridized carbons (Fsp3) is 0.286. The van der Waals surface area contributed by atoms with E-state index >= 15 is 0 Å². The molecular weight excluding hydrogens is 519 g/mol. The molecule has 0 bridgehead atoms. The van der Waals surface area contributed by atoms with Gasteiger partial charge in [0.25, 0.3) is 0 Å². The minimum Gasteiger partial charge on any atom is -0.481 e. The normalized spacial score (nSPS) is 13.7. The Bertz CT molecular complexity index is 896. The summed E-state index contributed by atoms with van der Waals surface area (Å²) in [6, 6.07) is 16.3. The Labute approximate surface area is 193 Å². The third kappa shape index (κ3) is 6.63. The maximum absolute atomic E-state index is 13.0. The molecule has 0 aliphatic rings. The first-order valence-electron chi connectivity index (χ1n) is 9.22. The number of carboxylic acid groups (broad SMARTS) is 2. The van der Waals surface area contributed by atoms with Gasteiger partial charge in [0.2, 0.25) is 11.6 Å². The van der Waals surface area contributed by atoms with E-state index in [9.17, 15) is 19.5 Å². The van der Waals surface area contributed by atoms with E-state index in [1.54, 1.807) is 24.3 Å². The Kier molecular flexibility index (Phi) is 8.97. The molecule has 160 valence electrons. The van der Waals surface area contributed by atoms with Crippen LogP contribution in [-0.2, 0) is 20.8 Å². The zero-order valence-electron chi connectivity index (χ0n) is 16.0. The third-order valence-corrected chi connectivity index (χ3v) is 5.94. The number of para-hydroxylation sites is 1. The summed E-state index contributed by atoms with van der Waals surface area (Å²) in [4.78, 5) is 36.4. The summed E-state index contributed by atoms with van der Waals surface area (Å²) < 4.78 is 0.736. The number of halogens is 1. The van der Waals surface area contributed by atoms with E-state index in [1.165, 1.54) is 0 Å². The van der Waals surface area contributed by atoms with Gasteiger partial charge in [0, 0.05) is 27.9 Å². The molecule has 2 rings (SSSR count). The lowest BCUT2D eigenvalue weighted by Gasteiger charge is -2.34. The summed E-state index contributed by atoms with van der Waals surface area (Å²) in [6.07, 6.45) is -0.389. The van der Waals surface area contributed by atoms with Crippen LogP contribution in [0, 0.1) is 9.49 Å². The highest BCUT2D eigenvalue weighted by atomic mass is 127. The van der Waals surface area contributed by atoms with Crippen molar-refractivity contribution in [1.29, 1.82) is 0 Å². The van der Waals surface area contributed by atoms with Crippen LogP contribution in [0.25, 0.3) is 0 Å². The van der Waals surface area contributed by atoms with Crippen molar-refractivity contribution < 1.29 is 24.6 Å². The Hall–Kier alpha value is -2.27. The molecule has 0 spiro atoms. The van der Waals surface area contributed by atoms with Crippen LogP contribution in [0.1, 0.15) is 18.4 Å². The lowest BCUT2D eigenvalue weighted by Crippen LogP contribution is -2.61. The first-order valence-corrected chi connectivity index (χ1v) is 10.9. The molecule has 0 aromatic heterocycles. The van der Waals surface area contributed by atoms with Gasteiger partial charge in [-0.2, -0.15) is 12.6 Å². The van der Waals surface area contributed by atoms with Crippen molar-refractivity contribution in [1.82, 2.24) is 5.32 Å². The van der Waals surface area contributed by atoms with Crippen LogP contribution in [0.4, 0.5) is 5.69 Å². The van der Waals surface area contributed by atoms with Crippen LogP contribution in [-0.4, -0.2) is 39.5 Å². The molecule has 7 nitrogen and oxygen atoms in total. The summed E-state index contributed by atoms with van der Waals surface area (Å²) in [7, 11) is 0. The number of nitrogens with one attached hydrogen (secondary N) is 2. The number of carbonyl (C=O) groups excluding carboxylic acids is 1. The summed E-state index contributed by atoms with van der Waals surface area (Å²) >= 11 is 6.30. The first kappa shape index (κ1) is 24.0. The van der Waals surface area contributed by atoms with Crippen LogP contribution >= 0.6 is 35.2 Å². The standard InChI is InChI=1S/C21H23IN2O5S/c22-16-8-4-5-9-17(16)23-21(20(28)29,11-10-18(25)26)24-19(27)15(13-30)12-14-6-2-1-3-7-14/h1-9,15,23,30H,10-13H2,(H,24,27)(H,25,26)(H,28,29)/t15?,21-/m0/s1. The van der Waals surface area contributed by atoms with Gasteiger partial charge in [0.1, 0.15) is 0 Å². The average Bonchev–Trinajstić information content (AvgIpc) is 2.72. The van der Waals surface area contributed by atoms with Crippen molar-refractivity contribution in [3.8, 4) is 0 Å². The Morgan fingerprint density at radius 2 is 1.67 bits per heavy atom. The highest BCUT2D eigenvalue weighted by molar-refractivity contribution is 14.1. The van der Waals surface area contributed by atoms with Crippen LogP contribution in [0.5, 0.6) is 0 Å². The monoisotopic (exact) mass is 542 g/mol. The molecule has 0 saturated heterocycles. The highest BCUT2D eigenvalue weighted by Crippen LogP contribution is 2.25. The minimum atomic E-state index is -1.98. The zero-order chi connectivity index (χ0) is 22.1. The molecule has 2 atom stereocenters. The van der Waals surface area contributed by atoms with Crippen LogP contribution in [0.3, 0.4) is 0 Å². The number of carbonyl (C=O) groups is 3. The number of thiol groups is 1. The van der Waals surface area contributed by atoms with Gasteiger partial charge in [0.15, 0.2) is 0 Å². The molecular formula is C21H23IN2O5S. The second kappa shape index (κ2) is 11.2. The Morgan fingerprint density at radius 1 is 1.03 bits per heavy atom. The largest absolute Gasteiger partial charge is 0.481 e. The number of rotatable bonds is 11. The summed E-state index contributed by atoms with van der Waals surface area (Å²) in [6.45, 7) is 0. The number of hydrogen-bond acceptors (Lipinski definition) is 5. The SMILES string of the molecule is O=C(O)CC[C@@](NC(=O)C(CS)Cc1ccccc1)(Nc1ccccc1I)C(=O)O. The number of benzene rings is 2. The summed E-state index contributed by atoms with van der Waals surface area (Å²) in [5, 5.41) is 24.5. The van der Waals surface area contributed by atoms with E-state index in [1.807, 2.05) is 52.9 Å². The van der Waals surface area contributed by atoms with E-state index in [0.717, 1.165) is 9.13 Å². The van der Waals surface area contributed by atoms with Crippen molar-refractivity contribution in [2.24, 2.45) is 5.92 Å². The molecule has 0 aliphatic heterocycles. The van der Waals surface area contributed by atoms with Gasteiger partial charge in [-0.3, -0.25) is 9.59 Å². The van der Waals surface area contributed by atoms with Gasteiger partial charge in [-0.25, -0.2) is 4.79 Å². The fourth-order valence-electron chi connectivity index (χ4n) is 2.91. The van der Waals surface area contributed by atoms with Gasteiger partial charge >= 0.3 is 11.9 Å². The van der Waals surface area contributed by atoms with Crippen molar-refractivity contribution in [2.45, 2.75) is 24.9 Å². The van der Waals surface area contributed by atoms with Crippen molar-refractivity contribution in [2.75, 3.05) is 11.1 Å². The van der Waals surface area contributed by atoms with Gasteiger partial charge in [-0.15, -0.1) is 0 Å². The predicted octanol–water partition coefficient (Wildman–Crippen LogP) is 3.25. The molecule has 9 heteroatoms. The van der Waals surface area contributed by atoms with Crippen LogP contribution in [0.15, 0.2) is 54.6 Å². The quantitative estimate of drug-likeness (QED) is 0.169. The fourth-order valence-corrected chi connectivity index (χ4v) is 3.73. The third-order valence-electron chi connectivity index (χ3n) is 4.55. The molecule has 0 heterocycles. The van der Waals surface area contributed by atoms with Crippen molar-refractivity contribution in [3.63, 3.8) is 0 Å². The summed E-state index contributed by atoms with van der Waals surface area (Å²) in [5.41, 5.74) is -0.574. The van der Waals surface area contributed by atoms with Crippen molar-refractivity contribution in [3.05, 3.63) is 63.7 Å². The van der Waals surface area contributed by atoms with Gasteiger partial charge in [0.05, 0.1) is 5.92 Å². The summed E-state index contributed by atoms with van der Waals surface area (Å²) in [5.74, 6) is -3.42. The molecule has 0 saturated carbocycles. The molecule has 2 aromatic rings. The maximum Gasteiger partial charge on any atom is 0.350 e. The zero-order valence-corrected chi connectivity index (χ0v) is 19.1. The number of hydrogen-bond donors (Lipinski definition) is 5. The topological polar surface area (TPSA) is 116 Å². The van der Waals surface area contributed by atoms with Crippen molar-refractivity contribution >= 4 is 58.8 Å². The lowest BCUT2D eigenvalue weighted by molar-refractivity contribution is -0.148. The second-order valence-electron chi connectivity index (χ2n) is 6.77. The first-order chi connectivity index (χ1) is 14.3. The molecule has 0 radical (unpaired) electrons. The molecule has 4 N–H and O–H groups in total. The van der Waals surface area contributed by atoms with Gasteiger partial charge in [-0.1, -0.05) is 42.5 Å². The Balaban J connectivity index is 2.31. The number of anilines is 1. The van der Waals surface area contributed by atoms with Crippen LogP contribution < -0.4 is 10.6 Å². The smallest absolute Gasteiger partial charge is 0.350 e. The number of carboxylic acids is 2. The molecule has 1 amide bonds. The molecule has 0 fully saturated rings. The molecule has 0 aliphatic carbocycles. The van der Waals surface area contributed by atoms with Gasteiger partial charge in [-0.05, 0) is 46.7 Å². The van der Waals surface area contributed by atoms with Crippen LogP contribution in [0.2, 0.25) is 0 Å². The minimum absolute atomic E-state index is 0.207. The second-order valence-corrected chi connectivity index (χ2v) is 8.29. The Morgan fingerprint density at radius 3 is 2.23 bits per heavy atom. The number of aliphatic carboxylic acids is 2. The number of amides is 1. The predicted molar refractivity (Wildman–Crippen MR) is 126 cm³/mol. The molecule has 1 unspecified atom stereocenters. The van der Waals surface area contributed by atoms with Gasteiger partial charge < -0.3 is 20.8 Å². The van der Waals surface area contributed by atoms with E-state index in [4.69, 9.17) is 5.11 Å². The molecule has 2 aromatic carbocycles. The average molecular weight is 542 g/mol. The highest BCUT2D eigenvalue weighted by Gasteiger charge is 2.42. The van der Waals surface area contributed by atoms with E-state index in [0.29, 0.717) is 12.1 Å².